The fourth-order valence-corrected chi connectivity index (χ4v) is 2.98. The van der Waals surface area contributed by atoms with Gasteiger partial charge in [0.05, 0.1) is 5.88 Å². The van der Waals surface area contributed by atoms with E-state index in [9.17, 15) is 4.79 Å². The van der Waals surface area contributed by atoms with Crippen LogP contribution in [0.15, 0.2) is 18.3 Å². The van der Waals surface area contributed by atoms with Crippen LogP contribution in [0.4, 0.5) is 0 Å². The molecule has 0 radical (unpaired) electrons. The number of hydrogen-bond acceptors (Lipinski definition) is 3. The first kappa shape index (κ1) is 13.4. The molecule has 2 aromatic rings. The minimum absolute atomic E-state index is 0.124. The van der Waals surface area contributed by atoms with Crippen LogP contribution in [0.25, 0.3) is 11.2 Å². The Kier molecular flexibility index (Phi) is 3.61. The van der Waals surface area contributed by atoms with E-state index in [2.05, 4.69) is 9.97 Å². The number of rotatable bonds is 3. The minimum Gasteiger partial charge on any atom is -0.341 e. The van der Waals surface area contributed by atoms with Crippen LogP contribution in [0.5, 0.6) is 0 Å². The topological polar surface area (TPSA) is 51.0 Å². The van der Waals surface area contributed by atoms with Gasteiger partial charge in [-0.2, -0.15) is 0 Å². The van der Waals surface area contributed by atoms with E-state index in [1.807, 2.05) is 28.5 Å². The predicted octanol–water partition coefficient (Wildman–Crippen LogP) is 2.35. The second-order valence-corrected chi connectivity index (χ2v) is 5.35. The Bertz CT molecular complexity index is 633. The van der Waals surface area contributed by atoms with E-state index in [-0.39, 0.29) is 17.8 Å². The van der Waals surface area contributed by atoms with Crippen molar-refractivity contribution >= 4 is 28.7 Å². The van der Waals surface area contributed by atoms with Crippen LogP contribution in [-0.2, 0) is 10.7 Å². The largest absolute Gasteiger partial charge is 0.341 e. The summed E-state index contributed by atoms with van der Waals surface area (Å²) in [6.45, 7) is 3.59. The molecule has 0 bridgehead atoms. The van der Waals surface area contributed by atoms with E-state index in [4.69, 9.17) is 11.6 Å². The van der Waals surface area contributed by atoms with Crippen LogP contribution < -0.4 is 0 Å². The van der Waals surface area contributed by atoms with Gasteiger partial charge in [-0.1, -0.05) is 0 Å². The van der Waals surface area contributed by atoms with Gasteiger partial charge in [0.25, 0.3) is 0 Å². The summed E-state index contributed by atoms with van der Waals surface area (Å²) in [7, 11) is 0. The molecule has 1 saturated heterocycles. The molecule has 0 aliphatic carbocycles. The molecule has 0 N–H and O–H groups in total. The molecule has 1 atom stereocenters. The monoisotopic (exact) mass is 292 g/mol. The quantitative estimate of drug-likeness (QED) is 0.816. The Morgan fingerprint density at radius 2 is 2.20 bits per heavy atom. The van der Waals surface area contributed by atoms with Gasteiger partial charge in [0.1, 0.15) is 17.4 Å². The van der Waals surface area contributed by atoms with Crippen LogP contribution in [0.3, 0.4) is 0 Å². The third-order valence-electron chi connectivity index (χ3n) is 3.80. The number of halogens is 1. The number of hydrogen-bond donors (Lipinski definition) is 0. The fourth-order valence-electron chi connectivity index (χ4n) is 2.79. The van der Waals surface area contributed by atoms with Crippen molar-refractivity contribution in [3.05, 3.63) is 24.2 Å². The van der Waals surface area contributed by atoms with Gasteiger partial charge in [0, 0.05) is 19.3 Å². The molecule has 3 rings (SSSR count). The Morgan fingerprint density at radius 3 is 2.90 bits per heavy atom. The molecular weight excluding hydrogens is 276 g/mol. The second-order valence-electron chi connectivity index (χ2n) is 5.09. The molecule has 1 unspecified atom stereocenters. The molecule has 20 heavy (non-hydrogen) atoms. The Morgan fingerprint density at radius 1 is 1.45 bits per heavy atom. The van der Waals surface area contributed by atoms with Gasteiger partial charge < -0.3 is 4.90 Å². The molecule has 1 aliphatic rings. The summed E-state index contributed by atoms with van der Waals surface area (Å²) in [4.78, 5) is 23.3. The van der Waals surface area contributed by atoms with Gasteiger partial charge in [-0.15, -0.1) is 11.6 Å². The predicted molar refractivity (Wildman–Crippen MR) is 77.6 cm³/mol. The van der Waals surface area contributed by atoms with Gasteiger partial charge in [-0.3, -0.25) is 9.36 Å². The molecule has 1 amide bonds. The van der Waals surface area contributed by atoms with Crippen LogP contribution in [0.1, 0.15) is 31.6 Å². The van der Waals surface area contributed by atoms with E-state index in [0.717, 1.165) is 37.1 Å². The molecule has 106 valence electrons. The normalized spacial score (nSPS) is 16.8. The summed E-state index contributed by atoms with van der Waals surface area (Å²) in [5.74, 6) is 1.09. The highest BCUT2D eigenvalue weighted by Gasteiger charge is 2.27. The van der Waals surface area contributed by atoms with Crippen molar-refractivity contribution in [1.82, 2.24) is 19.4 Å². The first-order valence-electron chi connectivity index (χ1n) is 6.89. The van der Waals surface area contributed by atoms with Crippen molar-refractivity contribution in [2.75, 3.05) is 13.1 Å². The van der Waals surface area contributed by atoms with Gasteiger partial charge in [-0.05, 0) is 31.9 Å². The summed E-state index contributed by atoms with van der Waals surface area (Å²) >= 11 is 5.98. The van der Waals surface area contributed by atoms with Crippen molar-refractivity contribution in [3.8, 4) is 0 Å². The number of likely N-dealkylation sites (tertiary alicyclic amines) is 1. The van der Waals surface area contributed by atoms with Crippen LogP contribution in [0.2, 0.25) is 0 Å². The molecular formula is C14H17ClN4O. The number of amides is 1. The van der Waals surface area contributed by atoms with E-state index in [0.29, 0.717) is 5.82 Å². The fraction of sp³-hybridized carbons (Fsp3) is 0.500. The number of pyridine rings is 1. The number of fused-ring (bicyclic) bond motifs is 1. The van der Waals surface area contributed by atoms with Crippen molar-refractivity contribution in [1.29, 1.82) is 0 Å². The lowest BCUT2D eigenvalue weighted by Crippen LogP contribution is -2.34. The maximum Gasteiger partial charge on any atom is 0.245 e. The Balaban J connectivity index is 2.01. The number of imidazole rings is 1. The maximum atomic E-state index is 12.6. The SMILES string of the molecule is CC(C(=O)N1CCCC1)n1c(CCl)nc2cccnc21. The van der Waals surface area contributed by atoms with Gasteiger partial charge >= 0.3 is 0 Å². The average molecular weight is 293 g/mol. The molecule has 0 saturated carbocycles. The van der Waals surface area contributed by atoms with E-state index in [1.54, 1.807) is 6.20 Å². The molecule has 0 spiro atoms. The standard InChI is InChI=1S/C14H17ClN4O/c1-10(14(20)18-7-2-3-8-18)19-12(9-15)17-11-5-4-6-16-13(11)19/h4-6,10H,2-3,7-9H2,1H3. The maximum absolute atomic E-state index is 12.6. The van der Waals surface area contributed by atoms with Crippen molar-refractivity contribution in [2.24, 2.45) is 0 Å². The average Bonchev–Trinajstić information content (AvgIpc) is 3.12. The number of aromatic nitrogens is 3. The lowest BCUT2D eigenvalue weighted by Gasteiger charge is -2.22. The molecule has 1 fully saturated rings. The van der Waals surface area contributed by atoms with Gasteiger partial charge in [-0.25, -0.2) is 9.97 Å². The van der Waals surface area contributed by atoms with Crippen molar-refractivity contribution in [3.63, 3.8) is 0 Å². The summed E-state index contributed by atoms with van der Waals surface area (Å²) in [5, 5.41) is 0. The first-order chi connectivity index (χ1) is 9.72. The van der Waals surface area contributed by atoms with Crippen molar-refractivity contribution < 1.29 is 4.79 Å². The van der Waals surface area contributed by atoms with Crippen molar-refractivity contribution in [2.45, 2.75) is 31.7 Å². The molecule has 2 aromatic heterocycles. The number of carbonyl (C=O) groups is 1. The lowest BCUT2D eigenvalue weighted by atomic mass is 10.2. The molecule has 3 heterocycles. The minimum atomic E-state index is -0.318. The number of carbonyl (C=O) groups excluding carboxylic acids is 1. The lowest BCUT2D eigenvalue weighted by molar-refractivity contribution is -0.133. The van der Waals surface area contributed by atoms with Crippen LogP contribution >= 0.6 is 11.6 Å². The first-order valence-corrected chi connectivity index (χ1v) is 7.42. The zero-order valence-electron chi connectivity index (χ0n) is 11.4. The molecule has 5 nitrogen and oxygen atoms in total. The zero-order chi connectivity index (χ0) is 14.1. The third kappa shape index (κ3) is 2.16. The molecule has 6 heteroatoms. The summed E-state index contributed by atoms with van der Waals surface area (Å²) in [5.41, 5.74) is 1.51. The highest BCUT2D eigenvalue weighted by Crippen LogP contribution is 2.23. The van der Waals surface area contributed by atoms with Crippen LogP contribution in [-0.4, -0.2) is 38.4 Å². The highest BCUT2D eigenvalue weighted by molar-refractivity contribution is 6.16. The summed E-state index contributed by atoms with van der Waals surface area (Å²) in [6.07, 6.45) is 3.89. The van der Waals surface area contributed by atoms with E-state index >= 15 is 0 Å². The van der Waals surface area contributed by atoms with E-state index in [1.165, 1.54) is 0 Å². The summed E-state index contributed by atoms with van der Waals surface area (Å²) < 4.78 is 1.86. The number of nitrogens with zero attached hydrogens (tertiary/aromatic N) is 4. The molecule has 0 aromatic carbocycles. The highest BCUT2D eigenvalue weighted by atomic mass is 35.5. The zero-order valence-corrected chi connectivity index (χ0v) is 12.2. The third-order valence-corrected chi connectivity index (χ3v) is 4.04. The molecule has 1 aliphatic heterocycles. The van der Waals surface area contributed by atoms with Gasteiger partial charge in [0.15, 0.2) is 5.65 Å². The van der Waals surface area contributed by atoms with Crippen LogP contribution in [0, 0.1) is 0 Å². The summed E-state index contributed by atoms with van der Waals surface area (Å²) in [6, 6.07) is 3.41. The van der Waals surface area contributed by atoms with Gasteiger partial charge in [0.2, 0.25) is 5.91 Å². The smallest absolute Gasteiger partial charge is 0.245 e. The van der Waals surface area contributed by atoms with E-state index < -0.39 is 0 Å². The second kappa shape index (κ2) is 5.40. The Labute approximate surface area is 122 Å². The number of alkyl halides is 1. The Hall–Kier alpha value is -1.62.